The Morgan fingerprint density at radius 2 is 2.04 bits per heavy atom. The van der Waals surface area contributed by atoms with Gasteiger partial charge < -0.3 is 10.1 Å². The molecule has 3 aromatic rings. The van der Waals surface area contributed by atoms with Gasteiger partial charge in [-0.2, -0.15) is 0 Å². The molecule has 1 unspecified atom stereocenters. The number of rotatable bonds is 5. The van der Waals surface area contributed by atoms with Gasteiger partial charge in [0.15, 0.2) is 0 Å². The lowest BCUT2D eigenvalue weighted by Gasteiger charge is -2.17. The number of benzene rings is 2. The SMILES string of the molecule is Cc1ccc(C(NC(=O)/C=C/c2ccc3c(c2)CCO3)c2cccs2)cc1. The van der Waals surface area contributed by atoms with E-state index in [1.54, 1.807) is 17.4 Å². The molecule has 1 aliphatic rings. The van der Waals surface area contributed by atoms with E-state index in [2.05, 4.69) is 48.6 Å². The lowest BCUT2D eigenvalue weighted by atomic mass is 10.0. The minimum absolute atomic E-state index is 0.106. The highest BCUT2D eigenvalue weighted by molar-refractivity contribution is 7.10. The zero-order valence-electron chi connectivity index (χ0n) is 15.1. The van der Waals surface area contributed by atoms with E-state index in [4.69, 9.17) is 4.74 Å². The molecule has 4 heteroatoms. The molecule has 2 heterocycles. The first kappa shape index (κ1) is 17.6. The van der Waals surface area contributed by atoms with Gasteiger partial charge in [0.25, 0.3) is 0 Å². The number of ether oxygens (including phenoxy) is 1. The average molecular weight is 375 g/mol. The molecule has 0 aliphatic carbocycles. The van der Waals surface area contributed by atoms with Crippen molar-refractivity contribution in [2.75, 3.05) is 6.61 Å². The first-order chi connectivity index (χ1) is 13.2. The van der Waals surface area contributed by atoms with E-state index in [0.29, 0.717) is 0 Å². The molecule has 1 aromatic heterocycles. The van der Waals surface area contributed by atoms with Crippen LogP contribution in [0.2, 0.25) is 0 Å². The van der Waals surface area contributed by atoms with E-state index in [-0.39, 0.29) is 11.9 Å². The number of fused-ring (bicyclic) bond motifs is 1. The molecule has 2 aromatic carbocycles. The molecule has 1 N–H and O–H groups in total. The Hall–Kier alpha value is -2.85. The monoisotopic (exact) mass is 375 g/mol. The van der Waals surface area contributed by atoms with Gasteiger partial charge in [0, 0.05) is 17.4 Å². The van der Waals surface area contributed by atoms with Crippen LogP contribution in [0.3, 0.4) is 0 Å². The largest absolute Gasteiger partial charge is 0.493 e. The molecule has 0 saturated carbocycles. The van der Waals surface area contributed by atoms with E-state index in [1.165, 1.54) is 11.1 Å². The van der Waals surface area contributed by atoms with Gasteiger partial charge in [-0.1, -0.05) is 42.0 Å². The molecular weight excluding hydrogens is 354 g/mol. The lowest BCUT2D eigenvalue weighted by Crippen LogP contribution is -2.27. The van der Waals surface area contributed by atoms with Gasteiger partial charge in [0.1, 0.15) is 5.75 Å². The van der Waals surface area contributed by atoms with E-state index < -0.39 is 0 Å². The first-order valence-electron chi connectivity index (χ1n) is 9.03. The average Bonchev–Trinajstić information content (AvgIpc) is 3.36. The molecule has 0 fully saturated rings. The minimum Gasteiger partial charge on any atom is -0.493 e. The van der Waals surface area contributed by atoms with Crippen LogP contribution in [-0.2, 0) is 11.2 Å². The maximum atomic E-state index is 12.6. The summed E-state index contributed by atoms with van der Waals surface area (Å²) in [7, 11) is 0. The van der Waals surface area contributed by atoms with Crippen molar-refractivity contribution in [1.82, 2.24) is 5.32 Å². The maximum absolute atomic E-state index is 12.6. The number of hydrogen-bond acceptors (Lipinski definition) is 3. The van der Waals surface area contributed by atoms with Gasteiger partial charge in [-0.3, -0.25) is 4.79 Å². The van der Waals surface area contributed by atoms with Crippen LogP contribution in [0.4, 0.5) is 0 Å². The summed E-state index contributed by atoms with van der Waals surface area (Å²) in [5, 5.41) is 5.17. The lowest BCUT2D eigenvalue weighted by molar-refractivity contribution is -0.116. The number of hydrogen-bond donors (Lipinski definition) is 1. The quantitative estimate of drug-likeness (QED) is 0.644. The van der Waals surface area contributed by atoms with Crippen LogP contribution in [0.1, 0.15) is 33.2 Å². The summed E-state index contributed by atoms with van der Waals surface area (Å²) in [5.41, 5.74) is 4.50. The van der Waals surface area contributed by atoms with Gasteiger partial charge in [-0.25, -0.2) is 0 Å². The molecule has 0 radical (unpaired) electrons. The van der Waals surface area contributed by atoms with Crippen molar-refractivity contribution in [1.29, 1.82) is 0 Å². The van der Waals surface area contributed by atoms with Crippen molar-refractivity contribution in [2.24, 2.45) is 0 Å². The molecule has 3 nitrogen and oxygen atoms in total. The molecule has 0 spiro atoms. The fourth-order valence-electron chi connectivity index (χ4n) is 3.21. The Morgan fingerprint density at radius 1 is 1.19 bits per heavy atom. The Labute approximate surface area is 163 Å². The van der Waals surface area contributed by atoms with Crippen molar-refractivity contribution < 1.29 is 9.53 Å². The van der Waals surface area contributed by atoms with E-state index in [0.717, 1.165) is 34.8 Å². The standard InChI is InChI=1S/C23H21NO2S/c1-16-4-8-18(9-5-16)23(21-3-2-14-27-21)24-22(25)11-7-17-6-10-20-19(15-17)12-13-26-20/h2-11,14-15,23H,12-13H2,1H3,(H,24,25)/b11-7+. The topological polar surface area (TPSA) is 38.3 Å². The van der Waals surface area contributed by atoms with Crippen LogP contribution in [0.25, 0.3) is 6.08 Å². The summed E-state index contributed by atoms with van der Waals surface area (Å²) in [6.07, 6.45) is 4.39. The number of carbonyl (C=O) groups excluding carboxylic acids is 1. The van der Waals surface area contributed by atoms with Crippen LogP contribution in [0.5, 0.6) is 5.75 Å². The summed E-state index contributed by atoms with van der Waals surface area (Å²) in [6.45, 7) is 2.80. The number of carbonyl (C=O) groups is 1. The second-order valence-electron chi connectivity index (χ2n) is 6.67. The molecule has 4 rings (SSSR count). The van der Waals surface area contributed by atoms with Gasteiger partial charge in [0.2, 0.25) is 5.91 Å². The second kappa shape index (κ2) is 7.80. The summed E-state index contributed by atoms with van der Waals surface area (Å²) in [6, 6.07) is 18.3. The Kier molecular flexibility index (Phi) is 5.07. The smallest absolute Gasteiger partial charge is 0.244 e. The molecule has 1 amide bonds. The zero-order valence-corrected chi connectivity index (χ0v) is 16.0. The van der Waals surface area contributed by atoms with Gasteiger partial charge in [-0.05, 0) is 53.3 Å². The molecule has 27 heavy (non-hydrogen) atoms. The highest BCUT2D eigenvalue weighted by atomic mass is 32.1. The Balaban J connectivity index is 1.51. The van der Waals surface area contributed by atoms with Crippen molar-refractivity contribution in [3.63, 3.8) is 0 Å². The summed E-state index contributed by atoms with van der Waals surface area (Å²) < 4.78 is 5.53. The molecule has 0 bridgehead atoms. The Bertz CT molecular complexity index is 959. The van der Waals surface area contributed by atoms with Crippen LogP contribution in [0.15, 0.2) is 66.1 Å². The summed E-state index contributed by atoms with van der Waals surface area (Å²) in [5.74, 6) is 0.847. The van der Waals surface area contributed by atoms with E-state index in [9.17, 15) is 4.79 Å². The highest BCUT2D eigenvalue weighted by Crippen LogP contribution is 2.27. The van der Waals surface area contributed by atoms with Gasteiger partial charge >= 0.3 is 0 Å². The number of amides is 1. The van der Waals surface area contributed by atoms with Crippen LogP contribution in [-0.4, -0.2) is 12.5 Å². The van der Waals surface area contributed by atoms with Crippen LogP contribution < -0.4 is 10.1 Å². The molecule has 1 aliphatic heterocycles. The molecule has 1 atom stereocenters. The number of nitrogens with one attached hydrogen (secondary N) is 1. The molecule has 136 valence electrons. The van der Waals surface area contributed by atoms with E-state index in [1.807, 2.05) is 29.7 Å². The van der Waals surface area contributed by atoms with Crippen molar-refractivity contribution in [3.8, 4) is 5.75 Å². The normalized spacial score (nSPS) is 14.0. The molecular formula is C23H21NO2S. The fourth-order valence-corrected chi connectivity index (χ4v) is 4.01. The van der Waals surface area contributed by atoms with Gasteiger partial charge in [-0.15, -0.1) is 11.3 Å². The van der Waals surface area contributed by atoms with Crippen LogP contribution in [0, 0.1) is 6.92 Å². The number of aryl methyl sites for hydroxylation is 1. The third-order valence-electron chi connectivity index (χ3n) is 4.67. The summed E-state index contributed by atoms with van der Waals surface area (Å²) >= 11 is 1.65. The first-order valence-corrected chi connectivity index (χ1v) is 9.91. The van der Waals surface area contributed by atoms with E-state index >= 15 is 0 Å². The fraction of sp³-hybridized carbons (Fsp3) is 0.174. The number of thiophene rings is 1. The zero-order chi connectivity index (χ0) is 18.6. The van der Waals surface area contributed by atoms with Crippen molar-refractivity contribution in [3.05, 3.63) is 93.2 Å². The highest BCUT2D eigenvalue weighted by Gasteiger charge is 2.17. The Morgan fingerprint density at radius 3 is 2.81 bits per heavy atom. The molecule has 0 saturated heterocycles. The summed E-state index contributed by atoms with van der Waals surface area (Å²) in [4.78, 5) is 13.7. The minimum atomic E-state index is -0.142. The second-order valence-corrected chi connectivity index (χ2v) is 7.65. The maximum Gasteiger partial charge on any atom is 0.244 e. The van der Waals surface area contributed by atoms with Crippen molar-refractivity contribution in [2.45, 2.75) is 19.4 Å². The van der Waals surface area contributed by atoms with Gasteiger partial charge in [0.05, 0.1) is 12.6 Å². The predicted octanol–water partition coefficient (Wildman–Crippen LogP) is 4.91. The van der Waals surface area contributed by atoms with Crippen LogP contribution >= 0.6 is 11.3 Å². The van der Waals surface area contributed by atoms with Crippen molar-refractivity contribution >= 4 is 23.3 Å². The third kappa shape index (κ3) is 4.12. The predicted molar refractivity (Wildman–Crippen MR) is 110 cm³/mol. The third-order valence-corrected chi connectivity index (χ3v) is 5.60.